The lowest BCUT2D eigenvalue weighted by Crippen LogP contribution is -2.36. The molecule has 0 fully saturated rings. The molecule has 1 aromatic carbocycles. The highest BCUT2D eigenvalue weighted by Gasteiger charge is 2.10. The van der Waals surface area contributed by atoms with E-state index < -0.39 is 5.82 Å². The molecule has 0 saturated carbocycles. The number of halogens is 1. The minimum atomic E-state index is -0.558. The molecule has 106 valence electrons. The molecule has 5 heteroatoms. The molecule has 1 aromatic rings. The molecule has 0 aliphatic heterocycles. The van der Waals surface area contributed by atoms with Gasteiger partial charge in [-0.3, -0.25) is 4.79 Å². The van der Waals surface area contributed by atoms with Gasteiger partial charge in [-0.15, -0.1) is 0 Å². The molecule has 1 atom stereocenters. The van der Waals surface area contributed by atoms with Crippen LogP contribution in [0.15, 0.2) is 12.1 Å². The van der Waals surface area contributed by atoms with Crippen LogP contribution in [0.3, 0.4) is 0 Å². The van der Waals surface area contributed by atoms with Gasteiger partial charge in [0.05, 0.1) is 0 Å². The number of aryl methyl sites for hydroxylation is 1. The summed E-state index contributed by atoms with van der Waals surface area (Å²) in [5.74, 6) is -0.766. The number of amides is 1. The lowest BCUT2D eigenvalue weighted by atomic mass is 10.2. The highest BCUT2D eigenvalue weighted by Crippen LogP contribution is 2.23. The number of rotatable bonds is 6. The largest absolute Gasteiger partial charge is 0.481 e. The quantitative estimate of drug-likeness (QED) is 0.779. The Balaban J connectivity index is 2.53. The summed E-state index contributed by atoms with van der Waals surface area (Å²) in [6.07, 6.45) is 1.90. The van der Waals surface area contributed by atoms with Gasteiger partial charge in [0, 0.05) is 17.8 Å². The number of hydrogen-bond acceptors (Lipinski definition) is 3. The Morgan fingerprint density at radius 1 is 1.53 bits per heavy atom. The average molecular weight is 268 g/mol. The molecular formula is C14H21FN2O2. The third-order valence-corrected chi connectivity index (χ3v) is 2.81. The molecule has 0 aliphatic carbocycles. The molecule has 0 bridgehead atoms. The van der Waals surface area contributed by atoms with Crippen LogP contribution in [0.1, 0.15) is 32.3 Å². The van der Waals surface area contributed by atoms with E-state index in [-0.39, 0.29) is 24.3 Å². The van der Waals surface area contributed by atoms with E-state index in [2.05, 4.69) is 5.32 Å². The van der Waals surface area contributed by atoms with Crippen LogP contribution in [-0.2, 0) is 4.79 Å². The Bertz CT molecular complexity index is 449. The van der Waals surface area contributed by atoms with Crippen LogP contribution in [0.4, 0.5) is 10.1 Å². The van der Waals surface area contributed by atoms with E-state index in [9.17, 15) is 9.18 Å². The van der Waals surface area contributed by atoms with Gasteiger partial charge < -0.3 is 15.8 Å². The lowest BCUT2D eigenvalue weighted by molar-refractivity contribution is -0.123. The van der Waals surface area contributed by atoms with E-state index in [4.69, 9.17) is 10.5 Å². The summed E-state index contributed by atoms with van der Waals surface area (Å²) in [7, 11) is 0. The summed E-state index contributed by atoms with van der Waals surface area (Å²) in [4.78, 5) is 11.6. The van der Waals surface area contributed by atoms with Crippen molar-refractivity contribution >= 4 is 11.6 Å². The first-order valence-corrected chi connectivity index (χ1v) is 6.41. The van der Waals surface area contributed by atoms with Crippen molar-refractivity contribution in [2.45, 2.75) is 39.7 Å². The SMILES string of the molecule is CCCC(C)NC(=O)COc1cc(C)c(N)cc1F. The van der Waals surface area contributed by atoms with Crippen molar-refractivity contribution in [2.24, 2.45) is 0 Å². The van der Waals surface area contributed by atoms with Crippen molar-refractivity contribution < 1.29 is 13.9 Å². The van der Waals surface area contributed by atoms with Gasteiger partial charge in [-0.05, 0) is 31.9 Å². The summed E-state index contributed by atoms with van der Waals surface area (Å²) in [6.45, 7) is 5.53. The first-order chi connectivity index (χ1) is 8.93. The van der Waals surface area contributed by atoms with E-state index in [1.165, 1.54) is 12.1 Å². The van der Waals surface area contributed by atoms with Crippen LogP contribution in [0.2, 0.25) is 0 Å². The van der Waals surface area contributed by atoms with Gasteiger partial charge in [0.15, 0.2) is 18.2 Å². The zero-order chi connectivity index (χ0) is 14.4. The number of benzene rings is 1. The molecule has 19 heavy (non-hydrogen) atoms. The van der Waals surface area contributed by atoms with Crippen molar-refractivity contribution in [3.8, 4) is 5.75 Å². The van der Waals surface area contributed by atoms with E-state index >= 15 is 0 Å². The van der Waals surface area contributed by atoms with Crippen LogP contribution < -0.4 is 15.8 Å². The molecule has 1 unspecified atom stereocenters. The molecule has 1 rings (SSSR count). The number of carbonyl (C=O) groups is 1. The maximum absolute atomic E-state index is 13.5. The van der Waals surface area contributed by atoms with Crippen LogP contribution in [0, 0.1) is 12.7 Å². The highest BCUT2D eigenvalue weighted by atomic mass is 19.1. The van der Waals surface area contributed by atoms with Gasteiger partial charge in [-0.2, -0.15) is 0 Å². The summed E-state index contributed by atoms with van der Waals surface area (Å²) >= 11 is 0. The van der Waals surface area contributed by atoms with Gasteiger partial charge in [-0.25, -0.2) is 4.39 Å². The molecular weight excluding hydrogens is 247 g/mol. The maximum Gasteiger partial charge on any atom is 0.258 e. The van der Waals surface area contributed by atoms with E-state index in [0.717, 1.165) is 18.4 Å². The van der Waals surface area contributed by atoms with Crippen LogP contribution in [0.25, 0.3) is 0 Å². The predicted molar refractivity (Wildman–Crippen MR) is 73.6 cm³/mol. The second-order valence-electron chi connectivity index (χ2n) is 4.69. The fraction of sp³-hybridized carbons (Fsp3) is 0.500. The number of ether oxygens (including phenoxy) is 1. The van der Waals surface area contributed by atoms with Crippen molar-refractivity contribution in [1.29, 1.82) is 0 Å². The van der Waals surface area contributed by atoms with Crippen molar-refractivity contribution in [1.82, 2.24) is 5.32 Å². The van der Waals surface area contributed by atoms with E-state index in [0.29, 0.717) is 5.69 Å². The molecule has 1 amide bonds. The molecule has 4 nitrogen and oxygen atoms in total. The lowest BCUT2D eigenvalue weighted by Gasteiger charge is -2.14. The van der Waals surface area contributed by atoms with Crippen LogP contribution in [-0.4, -0.2) is 18.6 Å². The molecule has 0 aliphatic rings. The number of anilines is 1. The molecule has 0 aromatic heterocycles. The normalized spacial score (nSPS) is 12.0. The fourth-order valence-corrected chi connectivity index (χ4v) is 1.75. The van der Waals surface area contributed by atoms with E-state index in [1.807, 2.05) is 13.8 Å². The second kappa shape index (κ2) is 6.97. The van der Waals surface area contributed by atoms with Gasteiger partial charge in [-0.1, -0.05) is 13.3 Å². The highest BCUT2D eigenvalue weighted by molar-refractivity contribution is 5.77. The summed E-state index contributed by atoms with van der Waals surface area (Å²) < 4.78 is 18.7. The van der Waals surface area contributed by atoms with Crippen molar-refractivity contribution in [3.05, 3.63) is 23.5 Å². The number of nitrogens with one attached hydrogen (secondary N) is 1. The van der Waals surface area contributed by atoms with Gasteiger partial charge in [0.2, 0.25) is 0 Å². The summed E-state index contributed by atoms with van der Waals surface area (Å²) in [5, 5.41) is 2.79. The Hall–Kier alpha value is -1.78. The number of carbonyl (C=O) groups excluding carboxylic acids is 1. The van der Waals surface area contributed by atoms with Crippen molar-refractivity contribution in [3.63, 3.8) is 0 Å². The Morgan fingerprint density at radius 2 is 2.21 bits per heavy atom. The van der Waals surface area contributed by atoms with E-state index in [1.54, 1.807) is 6.92 Å². The van der Waals surface area contributed by atoms with Crippen molar-refractivity contribution in [2.75, 3.05) is 12.3 Å². The first kappa shape index (κ1) is 15.3. The summed E-state index contributed by atoms with van der Waals surface area (Å²) in [5.41, 5.74) is 6.66. The predicted octanol–water partition coefficient (Wildman–Crippen LogP) is 2.40. The third-order valence-electron chi connectivity index (χ3n) is 2.81. The zero-order valence-corrected chi connectivity index (χ0v) is 11.6. The summed E-state index contributed by atoms with van der Waals surface area (Å²) in [6, 6.07) is 2.79. The van der Waals surface area contributed by atoms with Crippen LogP contribution >= 0.6 is 0 Å². The second-order valence-corrected chi connectivity index (χ2v) is 4.69. The molecule has 0 radical (unpaired) electrons. The number of hydrogen-bond donors (Lipinski definition) is 2. The number of nitrogen functional groups attached to an aromatic ring is 1. The van der Waals surface area contributed by atoms with Crippen LogP contribution in [0.5, 0.6) is 5.75 Å². The minimum absolute atomic E-state index is 0.0463. The van der Waals surface area contributed by atoms with Gasteiger partial charge >= 0.3 is 0 Å². The Kier molecular flexibility index (Phi) is 5.60. The average Bonchev–Trinajstić information content (AvgIpc) is 2.32. The first-order valence-electron chi connectivity index (χ1n) is 6.41. The molecule has 0 saturated heterocycles. The topological polar surface area (TPSA) is 64.3 Å². The zero-order valence-electron chi connectivity index (χ0n) is 11.6. The molecule has 3 N–H and O–H groups in total. The third kappa shape index (κ3) is 4.77. The maximum atomic E-state index is 13.5. The van der Waals surface area contributed by atoms with Gasteiger partial charge in [0.1, 0.15) is 0 Å². The monoisotopic (exact) mass is 268 g/mol. The standard InChI is InChI=1S/C14H21FN2O2/c1-4-5-10(3)17-14(18)8-19-13-6-9(2)12(16)7-11(13)15/h6-7,10H,4-5,8,16H2,1-3H3,(H,17,18). The molecule has 0 spiro atoms. The Morgan fingerprint density at radius 3 is 2.84 bits per heavy atom. The smallest absolute Gasteiger partial charge is 0.258 e. The fourth-order valence-electron chi connectivity index (χ4n) is 1.75. The van der Waals surface area contributed by atoms with Gasteiger partial charge in [0.25, 0.3) is 5.91 Å². The Labute approximate surface area is 113 Å². The number of nitrogens with two attached hydrogens (primary N) is 1. The molecule has 0 heterocycles. The minimum Gasteiger partial charge on any atom is -0.481 e.